The molecule has 0 bridgehead atoms. The number of benzene rings is 2. The van der Waals surface area contributed by atoms with Gasteiger partial charge in [-0.1, -0.05) is 43.0 Å². The van der Waals surface area contributed by atoms with Gasteiger partial charge in [-0.25, -0.2) is 0 Å². The van der Waals surface area contributed by atoms with Crippen molar-refractivity contribution in [3.8, 4) is 16.9 Å². The Hall–Kier alpha value is -2.02. The van der Waals surface area contributed by atoms with Crippen molar-refractivity contribution in [3.05, 3.63) is 72.7 Å². The van der Waals surface area contributed by atoms with E-state index in [1.807, 2.05) is 18.2 Å². The summed E-state index contributed by atoms with van der Waals surface area (Å²) in [6, 6.07) is 14.4. The number of ether oxygens (including phenoxy) is 1. The number of rotatable bonds is 3. The fourth-order valence-corrected chi connectivity index (χ4v) is 2.08. The summed E-state index contributed by atoms with van der Waals surface area (Å²) < 4.78 is 5.52. The first-order valence-electron chi connectivity index (χ1n) is 5.62. The van der Waals surface area contributed by atoms with Gasteiger partial charge in [0.2, 0.25) is 0 Å². The quantitative estimate of drug-likeness (QED) is 0.611. The van der Waals surface area contributed by atoms with E-state index in [0.29, 0.717) is 6.61 Å². The zero-order valence-electron chi connectivity index (χ0n) is 9.44. The van der Waals surface area contributed by atoms with Crippen LogP contribution in [0.2, 0.25) is 0 Å². The van der Waals surface area contributed by atoms with E-state index in [2.05, 4.69) is 37.3 Å². The molecule has 0 amide bonds. The summed E-state index contributed by atoms with van der Waals surface area (Å²) in [5.74, 6) is 0.865. The number of hydrogen-bond donors (Lipinski definition) is 0. The van der Waals surface area contributed by atoms with Crippen molar-refractivity contribution in [1.29, 1.82) is 0 Å². The van der Waals surface area contributed by atoms with Crippen LogP contribution in [0.1, 0.15) is 11.1 Å². The molecule has 1 aliphatic carbocycles. The molecule has 1 heteroatoms. The lowest BCUT2D eigenvalue weighted by Gasteiger charge is -2.05. The lowest BCUT2D eigenvalue weighted by atomic mass is 10.1. The Morgan fingerprint density at radius 2 is 1.88 bits per heavy atom. The van der Waals surface area contributed by atoms with E-state index in [-0.39, 0.29) is 0 Å². The van der Waals surface area contributed by atoms with Crippen LogP contribution < -0.4 is 4.74 Å². The van der Waals surface area contributed by atoms with Gasteiger partial charge in [0.25, 0.3) is 0 Å². The highest BCUT2D eigenvalue weighted by atomic mass is 16.5. The molecule has 0 atom stereocenters. The van der Waals surface area contributed by atoms with Crippen molar-refractivity contribution >= 4 is 0 Å². The molecule has 0 heterocycles. The molecule has 0 fully saturated rings. The summed E-state index contributed by atoms with van der Waals surface area (Å²) in [7, 11) is 0. The molecule has 3 rings (SSSR count). The summed E-state index contributed by atoms with van der Waals surface area (Å²) in [5, 5.41) is 0. The highest BCUT2D eigenvalue weighted by Gasteiger charge is 2.18. The fourth-order valence-electron chi connectivity index (χ4n) is 2.08. The van der Waals surface area contributed by atoms with Gasteiger partial charge >= 0.3 is 0 Å². The number of hydrogen-bond acceptors (Lipinski definition) is 1. The molecule has 2 aromatic rings. The van der Waals surface area contributed by atoms with Crippen LogP contribution in [-0.4, -0.2) is 6.61 Å². The Kier molecular flexibility index (Phi) is 2.45. The van der Waals surface area contributed by atoms with Gasteiger partial charge in [-0.15, -0.1) is 0 Å². The molecule has 0 unspecified atom stereocenters. The average Bonchev–Trinajstić information content (AvgIpc) is 2.74. The van der Waals surface area contributed by atoms with Crippen molar-refractivity contribution in [2.24, 2.45) is 0 Å². The lowest BCUT2D eigenvalue weighted by Crippen LogP contribution is -1.93. The second-order valence-electron chi connectivity index (χ2n) is 3.98. The largest absolute Gasteiger partial charge is 0.490 e. The van der Waals surface area contributed by atoms with Crippen molar-refractivity contribution in [3.63, 3.8) is 0 Å². The van der Waals surface area contributed by atoms with Crippen LogP contribution in [0, 0.1) is 6.42 Å². The maximum atomic E-state index is 5.52. The molecule has 0 N–H and O–H groups in total. The van der Waals surface area contributed by atoms with Gasteiger partial charge in [-0.3, -0.25) is 0 Å². The van der Waals surface area contributed by atoms with Crippen LogP contribution in [0.3, 0.4) is 0 Å². The molecular weight excluding hydrogens is 208 g/mol. The normalized spacial score (nSPS) is 11.8. The monoisotopic (exact) mass is 220 g/mol. The maximum Gasteiger partial charge on any atom is 0.120 e. The third-order valence-electron chi connectivity index (χ3n) is 2.85. The molecule has 2 radical (unpaired) electrons. The Labute approximate surface area is 101 Å². The van der Waals surface area contributed by atoms with E-state index in [4.69, 9.17) is 4.74 Å². The van der Waals surface area contributed by atoms with Crippen LogP contribution in [0.5, 0.6) is 5.75 Å². The Morgan fingerprint density at radius 1 is 1.06 bits per heavy atom. The number of fused-ring (bicyclic) bond motifs is 3. The minimum Gasteiger partial charge on any atom is -0.490 e. The summed E-state index contributed by atoms with van der Waals surface area (Å²) in [5.41, 5.74) is 4.74. The SMILES string of the molecule is C=CCOc1ccc2c(c1)[C]c1ccccc1-2. The highest BCUT2D eigenvalue weighted by molar-refractivity contribution is 5.81. The standard InChI is InChI=1S/C16H12O/c1-2-9-17-14-7-8-16-13(11-14)10-12-5-3-4-6-15(12)16/h2-8,11H,1,9H2. The summed E-state index contributed by atoms with van der Waals surface area (Å²) in [4.78, 5) is 0. The van der Waals surface area contributed by atoms with Gasteiger partial charge in [0, 0.05) is 0 Å². The van der Waals surface area contributed by atoms with E-state index >= 15 is 0 Å². The van der Waals surface area contributed by atoms with E-state index in [0.717, 1.165) is 16.9 Å². The van der Waals surface area contributed by atoms with Gasteiger partial charge in [0.1, 0.15) is 12.4 Å². The molecular formula is C16H12O. The predicted molar refractivity (Wildman–Crippen MR) is 69.0 cm³/mol. The minimum atomic E-state index is 0.533. The zero-order valence-corrected chi connectivity index (χ0v) is 9.44. The molecule has 2 aromatic carbocycles. The van der Waals surface area contributed by atoms with Crippen LogP contribution in [-0.2, 0) is 0 Å². The maximum absolute atomic E-state index is 5.52. The average molecular weight is 220 g/mol. The van der Waals surface area contributed by atoms with Crippen molar-refractivity contribution in [2.45, 2.75) is 0 Å². The predicted octanol–water partition coefficient (Wildman–Crippen LogP) is 3.71. The Bertz CT molecular complexity index is 569. The van der Waals surface area contributed by atoms with Crippen LogP contribution in [0.15, 0.2) is 55.1 Å². The summed E-state index contributed by atoms with van der Waals surface area (Å²) in [6.07, 6.45) is 5.13. The first-order valence-corrected chi connectivity index (χ1v) is 5.62. The van der Waals surface area contributed by atoms with E-state index in [1.54, 1.807) is 6.08 Å². The Balaban J connectivity index is 1.98. The van der Waals surface area contributed by atoms with Crippen molar-refractivity contribution in [2.75, 3.05) is 6.61 Å². The smallest absolute Gasteiger partial charge is 0.120 e. The topological polar surface area (TPSA) is 9.23 Å². The second kappa shape index (κ2) is 4.10. The molecule has 82 valence electrons. The zero-order chi connectivity index (χ0) is 11.7. The summed E-state index contributed by atoms with van der Waals surface area (Å²) in [6.45, 7) is 4.17. The third kappa shape index (κ3) is 1.74. The molecule has 17 heavy (non-hydrogen) atoms. The molecule has 1 nitrogen and oxygen atoms in total. The van der Waals surface area contributed by atoms with Gasteiger partial charge in [0.05, 0.1) is 6.42 Å². The first-order chi connectivity index (χ1) is 8.38. The summed E-state index contributed by atoms with van der Waals surface area (Å²) >= 11 is 0. The van der Waals surface area contributed by atoms with Crippen LogP contribution in [0.25, 0.3) is 11.1 Å². The minimum absolute atomic E-state index is 0.533. The molecule has 0 saturated heterocycles. The molecule has 0 aromatic heterocycles. The lowest BCUT2D eigenvalue weighted by molar-refractivity contribution is 0.363. The first kappa shape index (κ1) is 10.2. The second-order valence-corrected chi connectivity index (χ2v) is 3.98. The van der Waals surface area contributed by atoms with Gasteiger partial charge in [-0.05, 0) is 34.4 Å². The molecule has 0 saturated carbocycles. The van der Waals surface area contributed by atoms with Gasteiger partial charge in [0.15, 0.2) is 0 Å². The third-order valence-corrected chi connectivity index (χ3v) is 2.85. The van der Waals surface area contributed by atoms with Gasteiger partial charge in [-0.2, -0.15) is 0 Å². The fraction of sp³-hybridized carbons (Fsp3) is 0.0625. The highest BCUT2D eigenvalue weighted by Crippen LogP contribution is 2.39. The Morgan fingerprint density at radius 3 is 2.76 bits per heavy atom. The molecule has 1 aliphatic rings. The van der Waals surface area contributed by atoms with Gasteiger partial charge < -0.3 is 4.74 Å². The van der Waals surface area contributed by atoms with E-state index in [9.17, 15) is 0 Å². The van der Waals surface area contributed by atoms with Crippen molar-refractivity contribution < 1.29 is 4.74 Å². The van der Waals surface area contributed by atoms with E-state index in [1.165, 1.54) is 11.1 Å². The molecule has 0 spiro atoms. The molecule has 0 aliphatic heterocycles. The van der Waals surface area contributed by atoms with Crippen LogP contribution in [0.4, 0.5) is 0 Å². The van der Waals surface area contributed by atoms with Crippen LogP contribution >= 0.6 is 0 Å². The van der Waals surface area contributed by atoms with Crippen molar-refractivity contribution in [1.82, 2.24) is 0 Å². The van der Waals surface area contributed by atoms with E-state index < -0.39 is 0 Å².